The number of aromatic nitrogens is 1. The number of para-hydroxylation sites is 1. The molecule has 0 saturated carbocycles. The van der Waals surface area contributed by atoms with Crippen molar-refractivity contribution in [2.45, 2.75) is 33.1 Å². The van der Waals surface area contributed by atoms with E-state index in [-0.39, 0.29) is 17.5 Å². The molecule has 0 radical (unpaired) electrons. The third kappa shape index (κ3) is 6.08. The van der Waals surface area contributed by atoms with E-state index < -0.39 is 5.82 Å². The van der Waals surface area contributed by atoms with E-state index in [2.05, 4.69) is 17.2 Å². The Balaban J connectivity index is 1.66. The van der Waals surface area contributed by atoms with Crippen LogP contribution in [0.3, 0.4) is 0 Å². The number of thiazole rings is 1. The highest BCUT2D eigenvalue weighted by Gasteiger charge is 2.20. The largest absolute Gasteiger partial charge is 0.323 e. The number of benzene rings is 2. The van der Waals surface area contributed by atoms with Gasteiger partial charge in [-0.1, -0.05) is 37.6 Å². The number of anilines is 3. The molecular weight excluding hydrogens is 413 g/mol. The average molecular weight is 438 g/mol. The van der Waals surface area contributed by atoms with Crippen LogP contribution in [0.25, 0.3) is 6.08 Å². The number of amides is 2. The average Bonchev–Trinajstić information content (AvgIpc) is 3.21. The van der Waals surface area contributed by atoms with E-state index in [1.165, 1.54) is 46.9 Å². The minimum absolute atomic E-state index is 0.139. The topological polar surface area (TPSA) is 62.3 Å². The molecule has 0 spiro atoms. The van der Waals surface area contributed by atoms with E-state index in [9.17, 15) is 14.0 Å². The standard InChI is InChI=1S/C24H24FN3O2S/c1-3-4-7-18-10-12-19(13-11-18)26-23(30)15-14-20-16-31-24(27-20)28(17(2)29)22-9-6-5-8-21(22)25/h5-6,8-16H,3-4,7H2,1-2H3,(H,26,30)/b15-14+. The Labute approximate surface area is 185 Å². The zero-order valence-electron chi connectivity index (χ0n) is 17.5. The van der Waals surface area contributed by atoms with Crippen molar-refractivity contribution < 1.29 is 14.0 Å². The summed E-state index contributed by atoms with van der Waals surface area (Å²) in [5, 5.41) is 4.85. The zero-order chi connectivity index (χ0) is 22.2. The number of nitrogens with zero attached hydrogens (tertiary/aromatic N) is 2. The van der Waals surface area contributed by atoms with Crippen molar-refractivity contribution in [3.05, 3.63) is 77.1 Å². The number of rotatable bonds is 8. The Hall–Kier alpha value is -3.32. The molecule has 2 amide bonds. The molecule has 3 rings (SSSR count). The summed E-state index contributed by atoms with van der Waals surface area (Å²) in [6.07, 6.45) is 6.25. The molecule has 0 fully saturated rings. The molecule has 0 bridgehead atoms. The maximum absolute atomic E-state index is 14.2. The molecule has 31 heavy (non-hydrogen) atoms. The van der Waals surface area contributed by atoms with Crippen LogP contribution >= 0.6 is 11.3 Å². The van der Waals surface area contributed by atoms with E-state index in [0.29, 0.717) is 10.8 Å². The highest BCUT2D eigenvalue weighted by atomic mass is 32.1. The summed E-state index contributed by atoms with van der Waals surface area (Å²) in [4.78, 5) is 29.9. The van der Waals surface area contributed by atoms with Crippen LogP contribution in [0.5, 0.6) is 0 Å². The minimum atomic E-state index is -0.509. The van der Waals surface area contributed by atoms with Crippen LogP contribution in [0.1, 0.15) is 37.9 Å². The Kier molecular flexibility index (Phi) is 7.67. The lowest BCUT2D eigenvalue weighted by molar-refractivity contribution is -0.116. The molecule has 160 valence electrons. The van der Waals surface area contributed by atoms with Crippen LogP contribution in [-0.2, 0) is 16.0 Å². The molecule has 1 N–H and O–H groups in total. The Morgan fingerprint density at radius 2 is 1.90 bits per heavy atom. The number of aryl methyl sites for hydroxylation is 1. The number of hydrogen-bond acceptors (Lipinski definition) is 4. The lowest BCUT2D eigenvalue weighted by Gasteiger charge is -2.18. The molecule has 5 nitrogen and oxygen atoms in total. The second-order valence-electron chi connectivity index (χ2n) is 6.98. The van der Waals surface area contributed by atoms with E-state index in [0.717, 1.165) is 24.9 Å². The van der Waals surface area contributed by atoms with E-state index >= 15 is 0 Å². The lowest BCUT2D eigenvalue weighted by Crippen LogP contribution is -2.23. The summed E-state index contributed by atoms with van der Waals surface area (Å²) in [5.74, 6) is -1.14. The Morgan fingerprint density at radius 1 is 1.16 bits per heavy atom. The van der Waals surface area contributed by atoms with Crippen molar-refractivity contribution in [3.8, 4) is 0 Å². The first-order valence-corrected chi connectivity index (χ1v) is 10.9. The first kappa shape index (κ1) is 22.4. The molecular formula is C24H24FN3O2S. The predicted octanol–water partition coefficient (Wildman–Crippen LogP) is 5.96. The summed E-state index contributed by atoms with van der Waals surface area (Å²) in [6, 6.07) is 13.8. The highest BCUT2D eigenvalue weighted by molar-refractivity contribution is 7.14. The van der Waals surface area contributed by atoms with E-state index in [4.69, 9.17) is 0 Å². The van der Waals surface area contributed by atoms with Gasteiger partial charge in [-0.3, -0.25) is 14.5 Å². The first-order chi connectivity index (χ1) is 15.0. The van der Waals surface area contributed by atoms with Crippen LogP contribution in [0.2, 0.25) is 0 Å². The van der Waals surface area contributed by atoms with Gasteiger partial charge in [0.25, 0.3) is 0 Å². The maximum atomic E-state index is 14.2. The number of halogens is 1. The number of nitrogens with one attached hydrogen (secondary N) is 1. The quantitative estimate of drug-likeness (QED) is 0.442. The molecule has 0 aliphatic carbocycles. The normalized spacial score (nSPS) is 10.9. The van der Waals surface area contributed by atoms with Gasteiger partial charge in [-0.25, -0.2) is 9.37 Å². The number of unbranched alkanes of at least 4 members (excludes halogenated alkanes) is 1. The van der Waals surface area contributed by atoms with Gasteiger partial charge in [0.05, 0.1) is 11.4 Å². The van der Waals surface area contributed by atoms with Crippen molar-refractivity contribution in [1.82, 2.24) is 4.98 Å². The smallest absolute Gasteiger partial charge is 0.248 e. The van der Waals surface area contributed by atoms with Gasteiger partial charge in [-0.15, -0.1) is 11.3 Å². The molecule has 0 aliphatic rings. The van der Waals surface area contributed by atoms with E-state index in [1.807, 2.05) is 24.3 Å². The van der Waals surface area contributed by atoms with Crippen molar-refractivity contribution in [3.63, 3.8) is 0 Å². The molecule has 0 atom stereocenters. The van der Waals surface area contributed by atoms with Crippen LogP contribution in [-0.4, -0.2) is 16.8 Å². The maximum Gasteiger partial charge on any atom is 0.248 e. The Morgan fingerprint density at radius 3 is 2.58 bits per heavy atom. The summed E-state index contributed by atoms with van der Waals surface area (Å²) in [5.41, 5.74) is 2.61. The number of carbonyl (C=O) groups excluding carboxylic acids is 2. The minimum Gasteiger partial charge on any atom is -0.323 e. The van der Waals surface area contributed by atoms with Gasteiger partial charge in [0.1, 0.15) is 5.82 Å². The second-order valence-corrected chi connectivity index (χ2v) is 7.82. The number of hydrogen-bond donors (Lipinski definition) is 1. The molecule has 1 aromatic heterocycles. The van der Waals surface area contributed by atoms with Gasteiger partial charge < -0.3 is 5.32 Å². The first-order valence-electron chi connectivity index (χ1n) is 10.1. The SMILES string of the molecule is CCCCc1ccc(NC(=O)/C=C/c2csc(N(C(C)=O)c3ccccc3F)n2)cc1. The van der Waals surface area contributed by atoms with E-state index in [1.54, 1.807) is 23.6 Å². The summed E-state index contributed by atoms with van der Waals surface area (Å²) in [6.45, 7) is 3.51. The molecule has 7 heteroatoms. The number of carbonyl (C=O) groups is 2. The lowest BCUT2D eigenvalue weighted by atomic mass is 10.1. The molecule has 0 saturated heterocycles. The van der Waals surface area contributed by atoms with Crippen LogP contribution < -0.4 is 10.2 Å². The summed E-state index contributed by atoms with van der Waals surface area (Å²) < 4.78 is 14.2. The fourth-order valence-corrected chi connectivity index (χ4v) is 3.82. The summed E-state index contributed by atoms with van der Waals surface area (Å²) in [7, 11) is 0. The summed E-state index contributed by atoms with van der Waals surface area (Å²) >= 11 is 1.20. The predicted molar refractivity (Wildman–Crippen MR) is 124 cm³/mol. The third-order valence-electron chi connectivity index (χ3n) is 4.56. The van der Waals surface area contributed by atoms with Crippen molar-refractivity contribution in [1.29, 1.82) is 0 Å². The van der Waals surface area contributed by atoms with Crippen molar-refractivity contribution in [2.24, 2.45) is 0 Å². The third-order valence-corrected chi connectivity index (χ3v) is 5.40. The van der Waals surface area contributed by atoms with Crippen molar-refractivity contribution in [2.75, 3.05) is 10.2 Å². The molecule has 0 aliphatic heterocycles. The van der Waals surface area contributed by atoms with Gasteiger partial charge >= 0.3 is 0 Å². The fraction of sp³-hybridized carbons (Fsp3) is 0.208. The molecule has 2 aromatic carbocycles. The van der Waals surface area contributed by atoms with Crippen LogP contribution in [0.4, 0.5) is 20.9 Å². The monoisotopic (exact) mass is 437 g/mol. The van der Waals surface area contributed by atoms with Gasteiger partial charge in [0.15, 0.2) is 5.13 Å². The van der Waals surface area contributed by atoms with Crippen LogP contribution in [0.15, 0.2) is 60.0 Å². The highest BCUT2D eigenvalue weighted by Crippen LogP contribution is 2.31. The second kappa shape index (κ2) is 10.6. The molecule has 1 heterocycles. The fourth-order valence-electron chi connectivity index (χ4n) is 2.98. The van der Waals surface area contributed by atoms with Gasteiger partial charge in [-0.2, -0.15) is 0 Å². The molecule has 0 unspecified atom stereocenters. The zero-order valence-corrected chi connectivity index (χ0v) is 18.3. The van der Waals surface area contributed by atoms with Gasteiger partial charge in [0, 0.05) is 24.1 Å². The van der Waals surface area contributed by atoms with Gasteiger partial charge in [-0.05, 0) is 48.7 Å². The van der Waals surface area contributed by atoms with Crippen LogP contribution in [0, 0.1) is 5.82 Å². The van der Waals surface area contributed by atoms with Crippen molar-refractivity contribution >= 4 is 45.7 Å². The molecule has 3 aromatic rings. The Bertz CT molecular complexity index is 1080. The van der Waals surface area contributed by atoms with Gasteiger partial charge in [0.2, 0.25) is 11.8 Å².